The fourth-order valence-corrected chi connectivity index (χ4v) is 1.84. The molecule has 1 amide bonds. The Bertz CT molecular complexity index is 298. The third kappa shape index (κ3) is 6.81. The first-order chi connectivity index (χ1) is 8.59. The molecule has 0 spiro atoms. The number of ether oxygens (including phenoxy) is 1. The van der Waals surface area contributed by atoms with E-state index in [1.165, 1.54) is 12.8 Å². The number of nitrogens with zero attached hydrogens (tertiary/aromatic N) is 1. The molecule has 0 heterocycles. The summed E-state index contributed by atoms with van der Waals surface area (Å²) in [5, 5.41) is 3.42. The van der Waals surface area contributed by atoms with Crippen LogP contribution in [0.25, 0.3) is 0 Å². The molecule has 1 rings (SSSR count). The minimum atomic E-state index is -0.442. The van der Waals surface area contributed by atoms with Crippen LogP contribution in [-0.4, -0.2) is 41.8 Å². The molecule has 0 aliphatic heterocycles. The van der Waals surface area contributed by atoms with E-state index in [2.05, 4.69) is 5.32 Å². The summed E-state index contributed by atoms with van der Waals surface area (Å²) in [6, 6.07) is 0. The largest absolute Gasteiger partial charge is 0.444 e. The van der Waals surface area contributed by atoms with E-state index in [0.717, 1.165) is 19.0 Å². The molecule has 1 aliphatic rings. The van der Waals surface area contributed by atoms with Gasteiger partial charge in [0, 0.05) is 18.6 Å². The molecule has 1 aliphatic carbocycles. The minimum absolute atomic E-state index is 0.219. The zero-order chi connectivity index (χ0) is 14.7. The molecular formula is C15H30N2O2. The molecule has 0 atom stereocenters. The van der Waals surface area contributed by atoms with Crippen molar-refractivity contribution in [2.24, 2.45) is 5.92 Å². The van der Waals surface area contributed by atoms with Crippen molar-refractivity contribution in [1.29, 1.82) is 0 Å². The standard InChI is InChI=1S/C15H30N2O2/c1-14(2,3)17(13(18)19-15(4,5)6)10-9-16-11-12-7-8-12/h12,16H,7-11H2,1-6H3. The van der Waals surface area contributed by atoms with Gasteiger partial charge in [0.1, 0.15) is 5.60 Å². The lowest BCUT2D eigenvalue weighted by Gasteiger charge is -2.36. The molecule has 0 radical (unpaired) electrons. The Morgan fingerprint density at radius 3 is 2.21 bits per heavy atom. The summed E-state index contributed by atoms with van der Waals surface area (Å²) in [6.45, 7) is 14.4. The SMILES string of the molecule is CC(C)(C)OC(=O)N(CCNCC1CC1)C(C)(C)C. The second kappa shape index (κ2) is 6.12. The quantitative estimate of drug-likeness (QED) is 0.781. The van der Waals surface area contributed by atoms with Gasteiger partial charge in [-0.3, -0.25) is 0 Å². The van der Waals surface area contributed by atoms with Crippen LogP contribution in [0.5, 0.6) is 0 Å². The summed E-state index contributed by atoms with van der Waals surface area (Å²) < 4.78 is 5.48. The number of nitrogens with one attached hydrogen (secondary N) is 1. The minimum Gasteiger partial charge on any atom is -0.444 e. The Labute approximate surface area is 117 Å². The number of carbonyl (C=O) groups is 1. The van der Waals surface area contributed by atoms with Gasteiger partial charge in [-0.15, -0.1) is 0 Å². The maximum atomic E-state index is 12.2. The molecule has 0 bridgehead atoms. The summed E-state index contributed by atoms with van der Waals surface area (Å²) >= 11 is 0. The smallest absolute Gasteiger partial charge is 0.410 e. The Morgan fingerprint density at radius 1 is 1.21 bits per heavy atom. The van der Waals surface area contributed by atoms with E-state index in [4.69, 9.17) is 4.74 Å². The van der Waals surface area contributed by atoms with Crippen LogP contribution in [0.1, 0.15) is 54.4 Å². The highest BCUT2D eigenvalue weighted by molar-refractivity contribution is 5.69. The Morgan fingerprint density at radius 2 is 1.79 bits per heavy atom. The fourth-order valence-electron chi connectivity index (χ4n) is 1.84. The Hall–Kier alpha value is -0.770. The van der Waals surface area contributed by atoms with Gasteiger partial charge in [-0.2, -0.15) is 0 Å². The van der Waals surface area contributed by atoms with Gasteiger partial charge in [0.05, 0.1) is 0 Å². The average molecular weight is 270 g/mol. The van der Waals surface area contributed by atoms with Crippen LogP contribution >= 0.6 is 0 Å². The molecule has 0 saturated heterocycles. The molecule has 0 aromatic heterocycles. The van der Waals surface area contributed by atoms with E-state index >= 15 is 0 Å². The summed E-state index contributed by atoms with van der Waals surface area (Å²) in [4.78, 5) is 14.0. The molecule has 19 heavy (non-hydrogen) atoms. The van der Waals surface area contributed by atoms with Crippen LogP contribution < -0.4 is 5.32 Å². The van der Waals surface area contributed by atoms with Crippen LogP contribution in [0, 0.1) is 5.92 Å². The summed E-state index contributed by atoms with van der Waals surface area (Å²) in [5.74, 6) is 0.865. The van der Waals surface area contributed by atoms with Crippen LogP contribution in [0.4, 0.5) is 4.79 Å². The van der Waals surface area contributed by atoms with Crippen molar-refractivity contribution in [2.45, 2.75) is 65.5 Å². The van der Waals surface area contributed by atoms with Crippen molar-refractivity contribution < 1.29 is 9.53 Å². The van der Waals surface area contributed by atoms with Gasteiger partial charge in [0.2, 0.25) is 0 Å². The first kappa shape index (κ1) is 16.3. The lowest BCUT2D eigenvalue weighted by molar-refractivity contribution is 0.00665. The molecule has 1 fully saturated rings. The number of carbonyl (C=O) groups excluding carboxylic acids is 1. The molecule has 4 nitrogen and oxygen atoms in total. The van der Waals surface area contributed by atoms with Crippen molar-refractivity contribution in [1.82, 2.24) is 10.2 Å². The van der Waals surface area contributed by atoms with Gasteiger partial charge in [0.25, 0.3) is 0 Å². The molecule has 0 unspecified atom stereocenters. The van der Waals surface area contributed by atoms with Crippen LogP contribution in [-0.2, 0) is 4.74 Å². The van der Waals surface area contributed by atoms with E-state index in [-0.39, 0.29) is 11.6 Å². The average Bonchev–Trinajstić information content (AvgIpc) is 2.95. The highest BCUT2D eigenvalue weighted by atomic mass is 16.6. The molecule has 112 valence electrons. The maximum Gasteiger partial charge on any atom is 0.410 e. The summed E-state index contributed by atoms with van der Waals surface area (Å²) in [5.41, 5.74) is -0.661. The van der Waals surface area contributed by atoms with Gasteiger partial charge in [-0.1, -0.05) is 0 Å². The van der Waals surface area contributed by atoms with E-state index in [1.807, 2.05) is 41.5 Å². The number of rotatable bonds is 5. The van der Waals surface area contributed by atoms with Crippen molar-refractivity contribution in [3.8, 4) is 0 Å². The first-order valence-electron chi connectivity index (χ1n) is 7.31. The van der Waals surface area contributed by atoms with E-state index in [9.17, 15) is 4.79 Å². The molecule has 0 aromatic rings. The van der Waals surface area contributed by atoms with Gasteiger partial charge in [0.15, 0.2) is 0 Å². The summed E-state index contributed by atoms with van der Waals surface area (Å²) in [7, 11) is 0. The number of hydrogen-bond donors (Lipinski definition) is 1. The second-order valence-corrected chi connectivity index (χ2v) is 7.45. The molecule has 0 aromatic carbocycles. The lowest BCUT2D eigenvalue weighted by Crippen LogP contribution is -2.50. The summed E-state index contributed by atoms with van der Waals surface area (Å²) in [6.07, 6.45) is 2.47. The van der Waals surface area contributed by atoms with E-state index in [0.29, 0.717) is 6.54 Å². The zero-order valence-corrected chi connectivity index (χ0v) is 13.4. The van der Waals surface area contributed by atoms with E-state index < -0.39 is 5.60 Å². The van der Waals surface area contributed by atoms with Gasteiger partial charge in [-0.25, -0.2) is 4.79 Å². The van der Waals surface area contributed by atoms with Gasteiger partial charge < -0.3 is 15.0 Å². The van der Waals surface area contributed by atoms with Crippen molar-refractivity contribution in [3.05, 3.63) is 0 Å². The number of amides is 1. The van der Waals surface area contributed by atoms with Gasteiger partial charge in [-0.05, 0) is 66.8 Å². The molecular weight excluding hydrogens is 240 g/mol. The van der Waals surface area contributed by atoms with E-state index in [1.54, 1.807) is 4.90 Å². The van der Waals surface area contributed by atoms with Crippen molar-refractivity contribution in [3.63, 3.8) is 0 Å². The predicted molar refractivity (Wildman–Crippen MR) is 78.3 cm³/mol. The normalized spacial score (nSPS) is 16.3. The highest BCUT2D eigenvalue weighted by Crippen LogP contribution is 2.27. The van der Waals surface area contributed by atoms with Crippen LogP contribution in [0.3, 0.4) is 0 Å². The molecule has 4 heteroatoms. The predicted octanol–water partition coefficient (Wildman–Crippen LogP) is 3.02. The zero-order valence-electron chi connectivity index (χ0n) is 13.4. The van der Waals surface area contributed by atoms with Crippen LogP contribution in [0.2, 0.25) is 0 Å². The first-order valence-corrected chi connectivity index (χ1v) is 7.31. The van der Waals surface area contributed by atoms with Crippen molar-refractivity contribution in [2.75, 3.05) is 19.6 Å². The third-order valence-corrected chi connectivity index (χ3v) is 3.07. The molecule has 1 saturated carbocycles. The Kier molecular flexibility index (Phi) is 5.25. The Balaban J connectivity index is 2.43. The molecule has 1 N–H and O–H groups in total. The lowest BCUT2D eigenvalue weighted by atomic mass is 10.1. The number of hydrogen-bond acceptors (Lipinski definition) is 3. The second-order valence-electron chi connectivity index (χ2n) is 7.45. The maximum absolute atomic E-state index is 12.2. The third-order valence-electron chi connectivity index (χ3n) is 3.07. The highest BCUT2D eigenvalue weighted by Gasteiger charge is 2.30. The monoisotopic (exact) mass is 270 g/mol. The van der Waals surface area contributed by atoms with Gasteiger partial charge >= 0.3 is 6.09 Å². The fraction of sp³-hybridized carbons (Fsp3) is 0.933. The van der Waals surface area contributed by atoms with Crippen LogP contribution in [0.15, 0.2) is 0 Å². The topological polar surface area (TPSA) is 41.6 Å². The van der Waals surface area contributed by atoms with Crippen molar-refractivity contribution >= 4 is 6.09 Å².